The molecule has 0 spiro atoms. The van der Waals surface area contributed by atoms with Gasteiger partial charge in [-0.2, -0.15) is 0 Å². The van der Waals surface area contributed by atoms with Gasteiger partial charge in [-0.15, -0.1) is 0 Å². The number of carbonyl (C=O) groups is 3. The van der Waals surface area contributed by atoms with Gasteiger partial charge in [-0.25, -0.2) is 0 Å². The predicted octanol–water partition coefficient (Wildman–Crippen LogP) is 17.9. The quantitative estimate of drug-likeness (QED) is 0.0262. The van der Waals surface area contributed by atoms with Gasteiger partial charge in [0.2, 0.25) is 0 Å². The second-order valence-electron chi connectivity index (χ2n) is 17.4. The predicted molar refractivity (Wildman–Crippen MR) is 283 cm³/mol. The molecule has 0 aromatic rings. The van der Waals surface area contributed by atoms with E-state index in [1.807, 2.05) is 0 Å². The zero-order chi connectivity index (χ0) is 47.9. The Morgan fingerprint density at radius 3 is 0.955 bits per heavy atom. The number of hydrogen-bond donors (Lipinski definition) is 0. The molecule has 0 amide bonds. The third-order valence-corrected chi connectivity index (χ3v) is 11.0. The SMILES string of the molecule is CCCCC/C=C\C/C=C\C/C=C\C/C=C\CCCC(=O)OCC(COC(=O)CCCCC/C=C\CCCCCCCCC)OC(=O)CCC/C=C\C/C=C\C/C=C\C/C=C\CCCCC. The van der Waals surface area contributed by atoms with Crippen molar-refractivity contribution in [1.29, 1.82) is 0 Å². The summed E-state index contributed by atoms with van der Waals surface area (Å²) in [6, 6.07) is 0. The average Bonchev–Trinajstić information content (AvgIpc) is 3.31. The van der Waals surface area contributed by atoms with Gasteiger partial charge in [0.25, 0.3) is 0 Å². The van der Waals surface area contributed by atoms with Crippen molar-refractivity contribution in [1.82, 2.24) is 0 Å². The summed E-state index contributed by atoms with van der Waals surface area (Å²) in [6.07, 6.45) is 72.2. The van der Waals surface area contributed by atoms with Crippen LogP contribution in [0, 0.1) is 0 Å². The van der Waals surface area contributed by atoms with Crippen molar-refractivity contribution in [2.45, 2.75) is 239 Å². The van der Waals surface area contributed by atoms with Crippen molar-refractivity contribution in [2.24, 2.45) is 0 Å². The Bertz CT molecular complexity index is 1370. The molecule has 0 saturated heterocycles. The van der Waals surface area contributed by atoms with Crippen LogP contribution in [0.1, 0.15) is 233 Å². The Morgan fingerprint density at radius 2 is 0.561 bits per heavy atom. The van der Waals surface area contributed by atoms with Crippen LogP contribution in [0.4, 0.5) is 0 Å². The zero-order valence-corrected chi connectivity index (χ0v) is 42.7. The van der Waals surface area contributed by atoms with E-state index in [-0.39, 0.29) is 44.0 Å². The molecule has 66 heavy (non-hydrogen) atoms. The van der Waals surface area contributed by atoms with E-state index >= 15 is 0 Å². The standard InChI is InChI=1S/C60H98O6/c1-4-7-10-13-16-19-22-25-28-30-32-35-38-41-44-47-50-53-59(62)65-56-57(55-64-58(61)52-49-46-43-40-37-34-27-24-21-18-15-12-9-6-3)66-60(63)54-51-48-45-42-39-36-33-31-29-26-23-20-17-14-11-8-5-2/h16-17,19-20,25-26,28-29,32-37,41-42,44-45,57H,4-15,18,21-24,27,30-31,38-40,43,46-56H2,1-3H3/b19-16-,20-17-,28-25-,29-26-,35-32-,36-33-,37-34-,44-41-,45-42-. The van der Waals surface area contributed by atoms with Crippen LogP contribution in [0.25, 0.3) is 0 Å². The van der Waals surface area contributed by atoms with E-state index in [2.05, 4.69) is 130 Å². The van der Waals surface area contributed by atoms with Crippen molar-refractivity contribution in [2.75, 3.05) is 13.2 Å². The maximum Gasteiger partial charge on any atom is 0.306 e. The fraction of sp³-hybridized carbons (Fsp3) is 0.650. The summed E-state index contributed by atoms with van der Waals surface area (Å²) in [6.45, 7) is 6.46. The lowest BCUT2D eigenvalue weighted by Crippen LogP contribution is -2.30. The largest absolute Gasteiger partial charge is 0.462 e. The molecule has 0 aliphatic carbocycles. The lowest BCUT2D eigenvalue weighted by atomic mass is 10.1. The van der Waals surface area contributed by atoms with E-state index in [0.29, 0.717) is 19.3 Å². The molecule has 0 aromatic heterocycles. The van der Waals surface area contributed by atoms with Crippen LogP contribution in [0.2, 0.25) is 0 Å². The van der Waals surface area contributed by atoms with Crippen molar-refractivity contribution >= 4 is 17.9 Å². The van der Waals surface area contributed by atoms with Gasteiger partial charge in [0, 0.05) is 19.3 Å². The highest BCUT2D eigenvalue weighted by molar-refractivity contribution is 5.71. The van der Waals surface area contributed by atoms with Gasteiger partial charge >= 0.3 is 17.9 Å². The molecule has 0 bridgehead atoms. The van der Waals surface area contributed by atoms with Crippen LogP contribution in [-0.2, 0) is 28.6 Å². The van der Waals surface area contributed by atoms with Crippen LogP contribution >= 0.6 is 0 Å². The minimum absolute atomic E-state index is 0.126. The fourth-order valence-corrected chi connectivity index (χ4v) is 6.89. The van der Waals surface area contributed by atoms with Gasteiger partial charge in [0.05, 0.1) is 0 Å². The molecule has 0 heterocycles. The molecule has 0 rings (SSSR count). The number of unbranched alkanes of at least 4 members (excludes halogenated alkanes) is 18. The third kappa shape index (κ3) is 51.1. The highest BCUT2D eigenvalue weighted by Gasteiger charge is 2.19. The molecule has 0 aliphatic rings. The molecule has 6 heteroatoms. The molecule has 0 N–H and O–H groups in total. The maximum absolute atomic E-state index is 12.8. The summed E-state index contributed by atoms with van der Waals surface area (Å²) in [5.41, 5.74) is 0. The molecule has 0 aliphatic heterocycles. The van der Waals surface area contributed by atoms with Crippen LogP contribution in [-0.4, -0.2) is 37.2 Å². The normalized spacial score (nSPS) is 13.0. The van der Waals surface area contributed by atoms with Crippen LogP contribution in [0.15, 0.2) is 109 Å². The second kappa shape index (κ2) is 53.7. The highest BCUT2D eigenvalue weighted by atomic mass is 16.6. The van der Waals surface area contributed by atoms with Crippen molar-refractivity contribution in [3.05, 3.63) is 109 Å². The van der Waals surface area contributed by atoms with Gasteiger partial charge in [0.1, 0.15) is 13.2 Å². The smallest absolute Gasteiger partial charge is 0.306 e. The number of hydrogen-bond acceptors (Lipinski definition) is 6. The first kappa shape index (κ1) is 62.1. The van der Waals surface area contributed by atoms with Crippen molar-refractivity contribution < 1.29 is 28.6 Å². The van der Waals surface area contributed by atoms with Crippen LogP contribution in [0.3, 0.4) is 0 Å². The first-order valence-electron chi connectivity index (χ1n) is 26.9. The van der Waals surface area contributed by atoms with Crippen molar-refractivity contribution in [3.8, 4) is 0 Å². The van der Waals surface area contributed by atoms with Gasteiger partial charge in [-0.3, -0.25) is 14.4 Å². The molecular weight excluding hydrogens is 817 g/mol. The van der Waals surface area contributed by atoms with Gasteiger partial charge in [0.15, 0.2) is 6.10 Å². The van der Waals surface area contributed by atoms with Gasteiger partial charge in [-0.05, 0) is 122 Å². The highest BCUT2D eigenvalue weighted by Crippen LogP contribution is 2.12. The Morgan fingerprint density at radius 1 is 0.303 bits per heavy atom. The number of esters is 3. The summed E-state index contributed by atoms with van der Waals surface area (Å²) >= 11 is 0. The van der Waals surface area contributed by atoms with Crippen molar-refractivity contribution in [3.63, 3.8) is 0 Å². The molecule has 0 aromatic carbocycles. The first-order valence-corrected chi connectivity index (χ1v) is 26.9. The van der Waals surface area contributed by atoms with E-state index in [4.69, 9.17) is 14.2 Å². The molecule has 1 unspecified atom stereocenters. The lowest BCUT2D eigenvalue weighted by molar-refractivity contribution is -0.167. The fourth-order valence-electron chi connectivity index (χ4n) is 6.89. The number of carbonyl (C=O) groups excluding carboxylic acids is 3. The number of allylic oxidation sites excluding steroid dienone is 18. The lowest BCUT2D eigenvalue weighted by Gasteiger charge is -2.18. The summed E-state index contributed by atoms with van der Waals surface area (Å²) in [5, 5.41) is 0. The molecular formula is C60H98O6. The van der Waals surface area contributed by atoms with E-state index in [1.165, 1.54) is 96.3 Å². The molecule has 1 atom stereocenters. The number of rotatable bonds is 47. The minimum Gasteiger partial charge on any atom is -0.462 e. The minimum atomic E-state index is -0.836. The van der Waals surface area contributed by atoms with Gasteiger partial charge in [-0.1, -0.05) is 201 Å². The Labute approximate surface area is 406 Å². The monoisotopic (exact) mass is 915 g/mol. The van der Waals surface area contributed by atoms with Gasteiger partial charge < -0.3 is 14.2 Å². The van der Waals surface area contributed by atoms with E-state index < -0.39 is 6.10 Å². The second-order valence-corrected chi connectivity index (χ2v) is 17.4. The Balaban J connectivity index is 4.60. The topological polar surface area (TPSA) is 78.9 Å². The summed E-state index contributed by atoms with van der Waals surface area (Å²) in [4.78, 5) is 38.0. The maximum atomic E-state index is 12.8. The Hall–Kier alpha value is -3.93. The van der Waals surface area contributed by atoms with Crippen LogP contribution < -0.4 is 0 Å². The van der Waals surface area contributed by atoms with E-state index in [1.54, 1.807) is 0 Å². The first-order chi connectivity index (χ1) is 32.5. The molecule has 0 saturated carbocycles. The third-order valence-electron chi connectivity index (χ3n) is 11.0. The van der Waals surface area contributed by atoms with E-state index in [0.717, 1.165) is 83.5 Å². The zero-order valence-electron chi connectivity index (χ0n) is 42.7. The molecule has 0 radical (unpaired) electrons. The molecule has 374 valence electrons. The Kier molecular flexibility index (Phi) is 50.5. The average molecular weight is 915 g/mol. The molecule has 6 nitrogen and oxygen atoms in total. The van der Waals surface area contributed by atoms with Crippen LogP contribution in [0.5, 0.6) is 0 Å². The summed E-state index contributed by atoms with van der Waals surface area (Å²) < 4.78 is 16.7. The number of ether oxygens (including phenoxy) is 3. The summed E-state index contributed by atoms with van der Waals surface area (Å²) in [7, 11) is 0. The van der Waals surface area contributed by atoms with E-state index in [9.17, 15) is 14.4 Å². The molecule has 0 fully saturated rings. The summed E-state index contributed by atoms with van der Waals surface area (Å²) in [5.74, 6) is -1.06.